The molecule has 1 fully saturated rings. The Labute approximate surface area is 144 Å². The van der Waals surface area contributed by atoms with E-state index in [2.05, 4.69) is 20.8 Å². The lowest BCUT2D eigenvalue weighted by molar-refractivity contribution is -0.175. The number of carbonyl (C=O) groups is 2. The Hall–Kier alpha value is -1.84. The molecule has 1 aliphatic heterocycles. The Morgan fingerprint density at radius 2 is 2.04 bits per heavy atom. The minimum atomic E-state index is -0.843. The zero-order valence-corrected chi connectivity index (χ0v) is 15.0. The van der Waals surface area contributed by atoms with Gasteiger partial charge in [0.1, 0.15) is 5.75 Å². The van der Waals surface area contributed by atoms with Gasteiger partial charge >= 0.3 is 0 Å². The second-order valence-electron chi connectivity index (χ2n) is 7.57. The van der Waals surface area contributed by atoms with Crippen LogP contribution >= 0.6 is 0 Å². The first kappa shape index (κ1) is 17.0. The lowest BCUT2D eigenvalue weighted by Gasteiger charge is -2.54. The van der Waals surface area contributed by atoms with Gasteiger partial charge < -0.3 is 4.74 Å². The second kappa shape index (κ2) is 6.23. The van der Waals surface area contributed by atoms with Crippen LogP contribution in [0.25, 0.3) is 0 Å². The van der Waals surface area contributed by atoms with Gasteiger partial charge in [0.15, 0.2) is 5.72 Å². The maximum absolute atomic E-state index is 13.2. The molecule has 24 heavy (non-hydrogen) atoms. The minimum Gasteiger partial charge on any atom is -0.466 e. The molecular formula is C20H27NO3. The molecule has 0 unspecified atom stereocenters. The summed E-state index contributed by atoms with van der Waals surface area (Å²) in [5.41, 5.74) is -0.352. The highest BCUT2D eigenvalue weighted by atomic mass is 16.5. The van der Waals surface area contributed by atoms with Gasteiger partial charge in [-0.05, 0) is 36.8 Å². The number of hydrogen-bond acceptors (Lipinski definition) is 3. The fourth-order valence-electron chi connectivity index (χ4n) is 4.41. The highest BCUT2D eigenvalue weighted by Crippen LogP contribution is 2.49. The van der Waals surface area contributed by atoms with Crippen molar-refractivity contribution in [3.63, 3.8) is 0 Å². The van der Waals surface area contributed by atoms with E-state index >= 15 is 0 Å². The lowest BCUT2D eigenvalue weighted by Crippen LogP contribution is -2.67. The van der Waals surface area contributed by atoms with Gasteiger partial charge in [-0.3, -0.25) is 9.59 Å². The average Bonchev–Trinajstić information content (AvgIpc) is 2.54. The smallest absolute Gasteiger partial charge is 0.267 e. The zero-order valence-electron chi connectivity index (χ0n) is 15.0. The number of amides is 2. The molecule has 1 aromatic rings. The third kappa shape index (κ3) is 2.52. The molecule has 130 valence electrons. The van der Waals surface area contributed by atoms with Crippen molar-refractivity contribution >= 4 is 11.8 Å². The molecule has 3 atom stereocenters. The Balaban J connectivity index is 2.18. The van der Waals surface area contributed by atoms with Crippen LogP contribution < -0.4 is 4.74 Å². The number of carbonyl (C=O) groups excluding carboxylic acids is 2. The summed E-state index contributed by atoms with van der Waals surface area (Å²) < 4.78 is 6.50. The van der Waals surface area contributed by atoms with Crippen LogP contribution in [0, 0.1) is 17.8 Å². The predicted molar refractivity (Wildman–Crippen MR) is 92.6 cm³/mol. The van der Waals surface area contributed by atoms with Crippen molar-refractivity contribution in [1.29, 1.82) is 0 Å². The topological polar surface area (TPSA) is 46.6 Å². The van der Waals surface area contributed by atoms with E-state index in [0.717, 1.165) is 12.8 Å². The Kier molecular flexibility index (Phi) is 4.41. The van der Waals surface area contributed by atoms with E-state index in [4.69, 9.17) is 4.74 Å². The van der Waals surface area contributed by atoms with E-state index in [1.165, 1.54) is 4.90 Å². The quantitative estimate of drug-likeness (QED) is 0.815. The first-order valence-corrected chi connectivity index (χ1v) is 9.06. The Bertz CT molecular complexity index is 654. The largest absolute Gasteiger partial charge is 0.466 e. The number of para-hydroxylation sites is 1. The molecule has 0 aromatic heterocycles. The summed E-state index contributed by atoms with van der Waals surface area (Å²) in [5.74, 6) is 1.18. The maximum Gasteiger partial charge on any atom is 0.267 e. The van der Waals surface area contributed by atoms with Crippen molar-refractivity contribution in [2.75, 3.05) is 0 Å². The number of benzene rings is 1. The number of fused-ring (bicyclic) bond motifs is 1. The molecule has 0 N–H and O–H groups in total. The summed E-state index contributed by atoms with van der Waals surface area (Å²) in [6, 6.07) is 7.29. The summed E-state index contributed by atoms with van der Waals surface area (Å²) in [4.78, 5) is 27.4. The van der Waals surface area contributed by atoms with Crippen molar-refractivity contribution in [2.45, 2.75) is 59.1 Å². The molecule has 4 heteroatoms. The highest BCUT2D eigenvalue weighted by molar-refractivity contribution is 6.07. The first-order valence-electron chi connectivity index (χ1n) is 9.06. The fourth-order valence-corrected chi connectivity index (χ4v) is 4.41. The maximum atomic E-state index is 13.2. The normalized spacial score (nSPS) is 29.5. The van der Waals surface area contributed by atoms with Crippen LogP contribution in [-0.4, -0.2) is 22.4 Å². The fraction of sp³-hybridized carbons (Fsp3) is 0.600. The van der Waals surface area contributed by atoms with Gasteiger partial charge in [-0.1, -0.05) is 39.8 Å². The number of hydrogen-bond donors (Lipinski definition) is 0. The number of nitrogens with zero attached hydrogens (tertiary/aromatic N) is 1. The van der Waals surface area contributed by atoms with Crippen molar-refractivity contribution in [3.05, 3.63) is 29.8 Å². The molecule has 3 rings (SSSR count). The molecule has 1 spiro atoms. The second-order valence-corrected chi connectivity index (χ2v) is 7.57. The van der Waals surface area contributed by atoms with Crippen LogP contribution in [0.3, 0.4) is 0 Å². The molecule has 1 aliphatic carbocycles. The van der Waals surface area contributed by atoms with Gasteiger partial charge in [-0.15, -0.1) is 0 Å². The van der Waals surface area contributed by atoms with E-state index < -0.39 is 5.72 Å². The Morgan fingerprint density at radius 3 is 2.71 bits per heavy atom. The molecule has 4 nitrogen and oxygen atoms in total. The van der Waals surface area contributed by atoms with Crippen LogP contribution in [0.4, 0.5) is 0 Å². The molecule has 1 saturated carbocycles. The monoisotopic (exact) mass is 329 g/mol. The molecular weight excluding hydrogens is 302 g/mol. The van der Waals surface area contributed by atoms with Gasteiger partial charge in [-0.2, -0.15) is 0 Å². The number of imide groups is 1. The van der Waals surface area contributed by atoms with Gasteiger partial charge in [0, 0.05) is 18.8 Å². The SMILES string of the molecule is CCC(=O)N1C(=O)c2ccccc2O[C@@]12C[C@@H](C)CC[C@@H]2C(C)C. The summed E-state index contributed by atoms with van der Waals surface area (Å²) in [6.07, 6.45) is 3.10. The van der Waals surface area contributed by atoms with E-state index in [-0.39, 0.29) is 17.7 Å². The van der Waals surface area contributed by atoms with Crippen LogP contribution in [0.1, 0.15) is 63.7 Å². The molecule has 0 bridgehead atoms. The van der Waals surface area contributed by atoms with E-state index in [1.807, 2.05) is 18.2 Å². The number of ether oxygens (including phenoxy) is 1. The third-order valence-electron chi connectivity index (χ3n) is 5.53. The summed E-state index contributed by atoms with van der Waals surface area (Å²) in [7, 11) is 0. The van der Waals surface area contributed by atoms with Crippen molar-refractivity contribution < 1.29 is 14.3 Å². The van der Waals surface area contributed by atoms with Crippen LogP contribution in [0.15, 0.2) is 24.3 Å². The number of rotatable bonds is 2. The van der Waals surface area contributed by atoms with Gasteiger partial charge in [0.2, 0.25) is 5.91 Å². The molecule has 2 amide bonds. The van der Waals surface area contributed by atoms with E-state index in [1.54, 1.807) is 13.0 Å². The molecule has 0 radical (unpaired) electrons. The van der Waals surface area contributed by atoms with Crippen LogP contribution in [0.5, 0.6) is 5.75 Å². The molecule has 2 aliphatic rings. The summed E-state index contributed by atoms with van der Waals surface area (Å²) >= 11 is 0. The van der Waals surface area contributed by atoms with E-state index in [9.17, 15) is 9.59 Å². The highest BCUT2D eigenvalue weighted by Gasteiger charge is 2.57. The zero-order chi connectivity index (χ0) is 17.5. The summed E-state index contributed by atoms with van der Waals surface area (Å²) in [6.45, 7) is 8.30. The minimum absolute atomic E-state index is 0.144. The predicted octanol–water partition coefficient (Wildman–Crippen LogP) is 4.25. The average molecular weight is 329 g/mol. The standard InChI is InChI=1S/C20H27NO3/c1-5-18(22)21-19(23)15-8-6-7-9-17(15)24-20(21)12-14(4)10-11-16(20)13(2)3/h6-9,13-14,16H,5,10-12H2,1-4H3/t14-,16+,20+/m0/s1. The van der Waals surface area contributed by atoms with Crippen LogP contribution in [0.2, 0.25) is 0 Å². The van der Waals surface area contributed by atoms with Crippen molar-refractivity contribution in [3.8, 4) is 5.75 Å². The first-order chi connectivity index (χ1) is 11.4. The van der Waals surface area contributed by atoms with Gasteiger partial charge in [0.25, 0.3) is 5.91 Å². The van der Waals surface area contributed by atoms with Crippen molar-refractivity contribution in [1.82, 2.24) is 4.90 Å². The molecule has 1 aromatic carbocycles. The third-order valence-corrected chi connectivity index (χ3v) is 5.53. The van der Waals surface area contributed by atoms with Gasteiger partial charge in [-0.25, -0.2) is 4.90 Å². The van der Waals surface area contributed by atoms with Crippen molar-refractivity contribution in [2.24, 2.45) is 17.8 Å². The Morgan fingerprint density at radius 1 is 1.33 bits per heavy atom. The van der Waals surface area contributed by atoms with Gasteiger partial charge in [0.05, 0.1) is 5.56 Å². The molecule has 0 saturated heterocycles. The van der Waals surface area contributed by atoms with Crippen LogP contribution in [-0.2, 0) is 4.79 Å². The lowest BCUT2D eigenvalue weighted by atomic mass is 9.69. The summed E-state index contributed by atoms with van der Waals surface area (Å²) in [5, 5.41) is 0. The van der Waals surface area contributed by atoms with E-state index in [0.29, 0.717) is 36.0 Å². The molecule has 1 heterocycles.